The van der Waals surface area contributed by atoms with Crippen LogP contribution in [-0.2, 0) is 0 Å². The molecule has 0 saturated heterocycles. The largest absolute Gasteiger partial charge is 0.496 e. The molecule has 0 aliphatic heterocycles. The Hall–Kier alpha value is -2.22. The highest BCUT2D eigenvalue weighted by Gasteiger charge is 2.13. The summed E-state index contributed by atoms with van der Waals surface area (Å²) in [6.07, 6.45) is 0. The third-order valence-electron chi connectivity index (χ3n) is 4.28. The molecule has 4 aromatic rings. The second-order valence-electron chi connectivity index (χ2n) is 5.68. The van der Waals surface area contributed by atoms with Gasteiger partial charge in [-0.05, 0) is 63.5 Å². The van der Waals surface area contributed by atoms with E-state index in [1.807, 2.05) is 42.5 Å². The molecule has 3 heteroatoms. The maximum Gasteiger partial charge on any atom is 0.128 e. The molecule has 0 amide bonds. The summed E-state index contributed by atoms with van der Waals surface area (Å²) in [6, 6.07) is 22.2. The third kappa shape index (κ3) is 2.50. The lowest BCUT2D eigenvalue weighted by atomic mass is 9.93. The van der Waals surface area contributed by atoms with E-state index in [1.165, 1.54) is 5.39 Å². The van der Waals surface area contributed by atoms with Crippen molar-refractivity contribution in [3.05, 3.63) is 76.8 Å². The van der Waals surface area contributed by atoms with Gasteiger partial charge in [-0.15, -0.1) is 0 Å². The van der Waals surface area contributed by atoms with Gasteiger partial charge in [-0.3, -0.25) is 0 Å². The summed E-state index contributed by atoms with van der Waals surface area (Å²) in [4.78, 5) is 0. The average Bonchev–Trinajstić information content (AvgIpc) is 2.61. The quantitative estimate of drug-likeness (QED) is 0.353. The summed E-state index contributed by atoms with van der Waals surface area (Å²) in [5.41, 5.74) is 2.14. The molecule has 4 rings (SSSR count). The first-order chi connectivity index (χ1) is 11.7. The fraction of sp³-hybridized carbons (Fsp3) is 0.0476. The van der Waals surface area contributed by atoms with Crippen LogP contribution in [0.2, 0.25) is 10.0 Å². The molecule has 0 bridgehead atoms. The summed E-state index contributed by atoms with van der Waals surface area (Å²) in [5.74, 6) is 0.765. The number of methoxy groups -OCH3 is 1. The van der Waals surface area contributed by atoms with Crippen molar-refractivity contribution in [2.75, 3.05) is 7.11 Å². The third-order valence-corrected chi connectivity index (χ3v) is 4.75. The van der Waals surface area contributed by atoms with Crippen LogP contribution in [0.15, 0.2) is 66.7 Å². The fourth-order valence-corrected chi connectivity index (χ4v) is 3.52. The molecule has 0 aliphatic rings. The minimum atomic E-state index is 0.660. The minimum Gasteiger partial charge on any atom is -0.496 e. The molecule has 0 spiro atoms. The highest BCUT2D eigenvalue weighted by Crippen LogP contribution is 2.40. The van der Waals surface area contributed by atoms with E-state index in [-0.39, 0.29) is 0 Å². The molecule has 0 atom stereocenters. The van der Waals surface area contributed by atoms with Crippen molar-refractivity contribution in [2.24, 2.45) is 0 Å². The zero-order chi connectivity index (χ0) is 16.7. The van der Waals surface area contributed by atoms with E-state index < -0.39 is 0 Å². The summed E-state index contributed by atoms with van der Waals surface area (Å²) in [7, 11) is 1.66. The second kappa shape index (κ2) is 6.01. The maximum absolute atomic E-state index is 6.21. The van der Waals surface area contributed by atoms with Gasteiger partial charge >= 0.3 is 0 Å². The predicted octanol–water partition coefficient (Wildman–Crippen LogP) is 6.98. The Morgan fingerprint density at radius 3 is 2.17 bits per heavy atom. The number of halogens is 2. The smallest absolute Gasteiger partial charge is 0.128 e. The summed E-state index contributed by atoms with van der Waals surface area (Å²) in [5, 5.41) is 6.02. The van der Waals surface area contributed by atoms with Gasteiger partial charge in [0.25, 0.3) is 0 Å². The number of rotatable bonds is 2. The molecule has 24 heavy (non-hydrogen) atoms. The minimum absolute atomic E-state index is 0.660. The fourth-order valence-electron chi connectivity index (χ4n) is 3.18. The first-order valence-electron chi connectivity index (χ1n) is 7.62. The van der Waals surface area contributed by atoms with Crippen LogP contribution in [0.1, 0.15) is 0 Å². The van der Waals surface area contributed by atoms with Crippen LogP contribution in [0.5, 0.6) is 5.75 Å². The summed E-state index contributed by atoms with van der Waals surface area (Å²) >= 11 is 12.3. The number of ether oxygens (including phenoxy) is 1. The lowest BCUT2D eigenvalue weighted by Crippen LogP contribution is -1.90. The van der Waals surface area contributed by atoms with E-state index in [0.717, 1.165) is 38.1 Å². The van der Waals surface area contributed by atoms with Crippen molar-refractivity contribution in [1.82, 2.24) is 0 Å². The van der Waals surface area contributed by atoms with Gasteiger partial charge in [0, 0.05) is 15.6 Å². The number of hydrogen-bond acceptors (Lipinski definition) is 1. The molecule has 118 valence electrons. The molecule has 0 aromatic heterocycles. The first kappa shape index (κ1) is 15.3. The maximum atomic E-state index is 6.21. The average molecular weight is 353 g/mol. The van der Waals surface area contributed by atoms with Crippen LogP contribution in [0.3, 0.4) is 0 Å². The van der Waals surface area contributed by atoms with Crippen LogP contribution in [0.25, 0.3) is 32.7 Å². The summed E-state index contributed by atoms with van der Waals surface area (Å²) in [6.45, 7) is 0. The highest BCUT2D eigenvalue weighted by atomic mass is 35.5. The monoisotopic (exact) mass is 352 g/mol. The predicted molar refractivity (Wildman–Crippen MR) is 103 cm³/mol. The van der Waals surface area contributed by atoms with Crippen LogP contribution in [-0.4, -0.2) is 7.11 Å². The number of fused-ring (bicyclic) bond motifs is 3. The highest BCUT2D eigenvalue weighted by molar-refractivity contribution is 6.32. The van der Waals surface area contributed by atoms with Crippen molar-refractivity contribution in [1.29, 1.82) is 0 Å². The second-order valence-corrected chi connectivity index (χ2v) is 6.55. The van der Waals surface area contributed by atoms with Gasteiger partial charge in [0.05, 0.1) is 7.11 Å². The molecule has 0 heterocycles. The topological polar surface area (TPSA) is 9.23 Å². The van der Waals surface area contributed by atoms with Crippen LogP contribution in [0.4, 0.5) is 0 Å². The normalized spacial score (nSPS) is 11.1. The van der Waals surface area contributed by atoms with Gasteiger partial charge in [0.2, 0.25) is 0 Å². The Labute approximate surface area is 150 Å². The van der Waals surface area contributed by atoms with Gasteiger partial charge < -0.3 is 4.74 Å². The SMILES string of the molecule is COc1cc(Cl)ccc1-c1cc2ccc(Cl)cc2c2ccccc12. The molecule has 4 aromatic carbocycles. The molecule has 0 N–H and O–H groups in total. The Kier molecular flexibility index (Phi) is 3.84. The van der Waals surface area contributed by atoms with Crippen LogP contribution >= 0.6 is 23.2 Å². The lowest BCUT2D eigenvalue weighted by molar-refractivity contribution is 0.416. The van der Waals surface area contributed by atoms with Crippen LogP contribution in [0, 0.1) is 0 Å². The van der Waals surface area contributed by atoms with Crippen molar-refractivity contribution in [3.63, 3.8) is 0 Å². The van der Waals surface area contributed by atoms with E-state index in [2.05, 4.69) is 24.3 Å². The summed E-state index contributed by atoms with van der Waals surface area (Å²) < 4.78 is 5.56. The van der Waals surface area contributed by atoms with E-state index in [9.17, 15) is 0 Å². The van der Waals surface area contributed by atoms with Crippen molar-refractivity contribution >= 4 is 44.7 Å². The Morgan fingerprint density at radius 1 is 0.667 bits per heavy atom. The molecule has 0 fully saturated rings. The number of benzene rings is 4. The van der Waals surface area contributed by atoms with Gasteiger partial charge in [-0.25, -0.2) is 0 Å². The zero-order valence-corrected chi connectivity index (χ0v) is 14.5. The Balaban J connectivity index is 2.14. The van der Waals surface area contributed by atoms with Gasteiger partial charge in [0.1, 0.15) is 5.75 Å². The number of hydrogen-bond donors (Lipinski definition) is 0. The Bertz CT molecular complexity index is 1070. The zero-order valence-electron chi connectivity index (χ0n) is 13.0. The van der Waals surface area contributed by atoms with Gasteiger partial charge in [0.15, 0.2) is 0 Å². The lowest BCUT2D eigenvalue weighted by Gasteiger charge is -2.14. The van der Waals surface area contributed by atoms with Gasteiger partial charge in [-0.2, -0.15) is 0 Å². The van der Waals surface area contributed by atoms with E-state index in [1.54, 1.807) is 7.11 Å². The van der Waals surface area contributed by atoms with E-state index >= 15 is 0 Å². The van der Waals surface area contributed by atoms with E-state index in [0.29, 0.717) is 5.02 Å². The molecular formula is C21H14Cl2O. The molecule has 0 unspecified atom stereocenters. The van der Waals surface area contributed by atoms with E-state index in [4.69, 9.17) is 27.9 Å². The molecule has 1 nitrogen and oxygen atoms in total. The van der Waals surface area contributed by atoms with Crippen molar-refractivity contribution in [3.8, 4) is 16.9 Å². The standard InChI is InChI=1S/C21H14Cl2O/c1-24-21-12-15(23)8-9-18(21)20-10-13-6-7-14(22)11-19(13)16-4-2-3-5-17(16)20/h2-12H,1H3. The van der Waals surface area contributed by atoms with Crippen molar-refractivity contribution < 1.29 is 4.74 Å². The Morgan fingerprint density at radius 2 is 1.38 bits per heavy atom. The molecular weight excluding hydrogens is 339 g/mol. The molecule has 0 aliphatic carbocycles. The van der Waals surface area contributed by atoms with Crippen LogP contribution < -0.4 is 4.74 Å². The van der Waals surface area contributed by atoms with Gasteiger partial charge in [-0.1, -0.05) is 53.5 Å². The van der Waals surface area contributed by atoms with Crippen molar-refractivity contribution in [2.45, 2.75) is 0 Å². The molecule has 0 saturated carbocycles. The molecule has 0 radical (unpaired) electrons. The first-order valence-corrected chi connectivity index (χ1v) is 8.38.